The molecule has 1 radical (unpaired) electrons. The first kappa shape index (κ1) is 34.9. The number of hydrogen-bond donors (Lipinski definition) is 0. The summed E-state index contributed by atoms with van der Waals surface area (Å²) in [7, 11) is 0. The monoisotopic (exact) mass is 830 g/mol. The molecular weight excluding hydrogens is 791 g/mol. The van der Waals surface area contributed by atoms with E-state index in [0.29, 0.717) is 5.41 Å². The molecule has 0 unspecified atom stereocenters. The average molecular weight is 830 g/mol. The van der Waals surface area contributed by atoms with Gasteiger partial charge in [-0.15, -0.1) is 47.5 Å². The van der Waals surface area contributed by atoms with Crippen LogP contribution >= 0.6 is 0 Å². The molecule has 4 aromatic heterocycles. The number of hydrogen-bond acceptors (Lipinski definition) is 4. The van der Waals surface area contributed by atoms with Crippen LogP contribution in [0.3, 0.4) is 0 Å². The third-order valence-corrected chi connectivity index (χ3v) is 8.94. The van der Waals surface area contributed by atoms with Crippen molar-refractivity contribution in [1.29, 1.82) is 0 Å². The Labute approximate surface area is 308 Å². The average Bonchev–Trinajstić information content (AvgIpc) is 3.50. The number of fused-ring (bicyclic) bond motifs is 5. The molecule has 0 fully saturated rings. The van der Waals surface area contributed by atoms with Gasteiger partial charge in [0.05, 0.1) is 5.58 Å². The molecule has 0 N–H and O–H groups in total. The summed E-state index contributed by atoms with van der Waals surface area (Å²) in [5.74, 6) is 0. The van der Waals surface area contributed by atoms with Crippen LogP contribution in [0.15, 0.2) is 120 Å². The molecule has 0 spiro atoms. The molecule has 0 aliphatic carbocycles. The molecule has 4 heterocycles. The first-order valence-corrected chi connectivity index (χ1v) is 16.7. The van der Waals surface area contributed by atoms with Crippen LogP contribution in [0.25, 0.3) is 66.4 Å². The zero-order chi connectivity index (χ0) is 34.1. The first-order chi connectivity index (χ1) is 23.6. The number of nitrogens with zero attached hydrogens (tertiary/aromatic N) is 3. The van der Waals surface area contributed by atoms with Crippen LogP contribution in [0.1, 0.15) is 43.0 Å². The third-order valence-electron chi connectivity index (χ3n) is 8.94. The summed E-state index contributed by atoms with van der Waals surface area (Å²) in [4.78, 5) is 13.3. The molecule has 251 valence electrons. The topological polar surface area (TPSA) is 51.8 Å². The van der Waals surface area contributed by atoms with E-state index in [1.807, 2.05) is 48.8 Å². The summed E-state index contributed by atoms with van der Waals surface area (Å²) in [5.41, 5.74) is 13.4. The maximum atomic E-state index is 6.24. The molecule has 4 nitrogen and oxygen atoms in total. The molecule has 0 saturated heterocycles. The van der Waals surface area contributed by atoms with Gasteiger partial charge in [0.25, 0.3) is 0 Å². The van der Waals surface area contributed by atoms with Gasteiger partial charge >= 0.3 is 0 Å². The van der Waals surface area contributed by atoms with E-state index in [1.54, 1.807) is 12.4 Å². The molecule has 5 heteroatoms. The van der Waals surface area contributed by atoms with Crippen molar-refractivity contribution in [3.8, 4) is 33.6 Å². The Balaban J connectivity index is 0.000000170. The van der Waals surface area contributed by atoms with Crippen molar-refractivity contribution in [2.75, 3.05) is 0 Å². The molecule has 0 atom stereocenters. The van der Waals surface area contributed by atoms with Crippen LogP contribution in [0.2, 0.25) is 0 Å². The number of benzene rings is 4. The molecule has 8 aromatic rings. The molecule has 8 rings (SSSR count). The SMILES string of the molecule is Cc1cnc(-c2[c-]cc(C)c(-c3ccc(CC(C)(C)C)cc3)c2)cc1C.[Ir].[c-]1ccc2c(oc3c4cnccc4ccc23)c1-c1ccccn1. The Hall–Kier alpha value is -4.96. The Morgan fingerprint density at radius 1 is 0.680 bits per heavy atom. The summed E-state index contributed by atoms with van der Waals surface area (Å²) in [6, 6.07) is 38.1. The normalized spacial score (nSPS) is 11.3. The molecule has 50 heavy (non-hydrogen) atoms. The summed E-state index contributed by atoms with van der Waals surface area (Å²) < 4.78 is 6.24. The van der Waals surface area contributed by atoms with Crippen LogP contribution in [-0.4, -0.2) is 15.0 Å². The van der Waals surface area contributed by atoms with Gasteiger partial charge < -0.3 is 14.4 Å². The minimum Gasteiger partial charge on any atom is -0.500 e. The maximum Gasteiger partial charge on any atom is 0.130 e. The molecular formula is C45H39IrN3O-2. The number of furan rings is 1. The van der Waals surface area contributed by atoms with E-state index in [9.17, 15) is 0 Å². The number of rotatable bonds is 4. The van der Waals surface area contributed by atoms with Crippen molar-refractivity contribution in [2.24, 2.45) is 5.41 Å². The minimum atomic E-state index is 0. The van der Waals surface area contributed by atoms with E-state index in [-0.39, 0.29) is 20.1 Å². The van der Waals surface area contributed by atoms with Gasteiger partial charge in [0.1, 0.15) is 5.58 Å². The van der Waals surface area contributed by atoms with Crippen LogP contribution in [0.4, 0.5) is 0 Å². The van der Waals surface area contributed by atoms with E-state index >= 15 is 0 Å². The Morgan fingerprint density at radius 2 is 1.48 bits per heavy atom. The van der Waals surface area contributed by atoms with Gasteiger partial charge in [-0.1, -0.05) is 104 Å². The molecule has 0 bridgehead atoms. The molecule has 0 amide bonds. The molecule has 0 saturated carbocycles. The van der Waals surface area contributed by atoms with Crippen molar-refractivity contribution in [2.45, 2.75) is 48.0 Å². The van der Waals surface area contributed by atoms with E-state index in [2.05, 4.69) is 123 Å². The van der Waals surface area contributed by atoms with Crippen molar-refractivity contribution < 1.29 is 24.5 Å². The van der Waals surface area contributed by atoms with Gasteiger partial charge in [-0.3, -0.25) is 4.98 Å². The second-order valence-corrected chi connectivity index (χ2v) is 14.0. The summed E-state index contributed by atoms with van der Waals surface area (Å²) in [6.07, 6.45) is 8.46. The zero-order valence-corrected chi connectivity index (χ0v) is 31.7. The Kier molecular flexibility index (Phi) is 10.1. The fraction of sp³-hybridized carbons (Fsp3) is 0.178. The van der Waals surface area contributed by atoms with Crippen LogP contribution in [-0.2, 0) is 26.5 Å². The standard InChI is InChI=1S/C25H28N.C20H11N2O.Ir/c1-17-7-10-22(24-13-18(2)19(3)16-26-24)14-23(17)21-11-8-20(9-12-21)15-25(4,5)6;1-2-10-22-18(6-1)16-5-3-4-14-15-8-7-13-9-11-21-12-17(13)20(15)23-19(14)16;/h7-9,11-14,16H,15H2,1-6H3;1-4,6-12H;/q2*-1;. The fourth-order valence-electron chi connectivity index (χ4n) is 6.27. The summed E-state index contributed by atoms with van der Waals surface area (Å²) in [5, 5.41) is 4.31. The van der Waals surface area contributed by atoms with Crippen LogP contribution in [0, 0.1) is 38.3 Å². The maximum absolute atomic E-state index is 6.24. The van der Waals surface area contributed by atoms with Gasteiger partial charge in [-0.05, 0) is 71.3 Å². The van der Waals surface area contributed by atoms with Gasteiger partial charge in [0, 0.05) is 55.7 Å². The van der Waals surface area contributed by atoms with Crippen LogP contribution in [0.5, 0.6) is 0 Å². The van der Waals surface area contributed by atoms with Crippen molar-refractivity contribution >= 4 is 32.7 Å². The second kappa shape index (κ2) is 14.5. The largest absolute Gasteiger partial charge is 0.500 e. The second-order valence-electron chi connectivity index (χ2n) is 14.0. The van der Waals surface area contributed by atoms with Gasteiger partial charge in [0.2, 0.25) is 0 Å². The smallest absolute Gasteiger partial charge is 0.130 e. The minimum absolute atomic E-state index is 0. The van der Waals surface area contributed by atoms with Crippen molar-refractivity contribution in [1.82, 2.24) is 15.0 Å². The third kappa shape index (κ3) is 7.31. The molecule has 0 aliphatic heterocycles. The summed E-state index contributed by atoms with van der Waals surface area (Å²) in [6.45, 7) is 13.2. The van der Waals surface area contributed by atoms with Crippen molar-refractivity contribution in [3.63, 3.8) is 0 Å². The van der Waals surface area contributed by atoms with Gasteiger partial charge in [0.15, 0.2) is 0 Å². The molecule has 4 aromatic carbocycles. The van der Waals surface area contributed by atoms with Gasteiger partial charge in [-0.2, -0.15) is 0 Å². The summed E-state index contributed by atoms with van der Waals surface area (Å²) >= 11 is 0. The predicted molar refractivity (Wildman–Crippen MR) is 202 cm³/mol. The van der Waals surface area contributed by atoms with E-state index in [1.165, 1.54) is 33.4 Å². The first-order valence-electron chi connectivity index (χ1n) is 16.7. The van der Waals surface area contributed by atoms with Crippen LogP contribution < -0.4 is 0 Å². The quantitative estimate of drug-likeness (QED) is 0.166. The number of aromatic nitrogens is 3. The van der Waals surface area contributed by atoms with Crippen molar-refractivity contribution in [3.05, 3.63) is 150 Å². The predicted octanol–water partition coefficient (Wildman–Crippen LogP) is 11.7. The van der Waals surface area contributed by atoms with E-state index < -0.39 is 0 Å². The Bertz CT molecular complexity index is 2420. The van der Waals surface area contributed by atoms with E-state index in [0.717, 1.165) is 61.6 Å². The number of pyridine rings is 3. The Morgan fingerprint density at radius 3 is 2.22 bits per heavy atom. The van der Waals surface area contributed by atoms with E-state index in [4.69, 9.17) is 4.42 Å². The zero-order valence-electron chi connectivity index (χ0n) is 29.3. The number of aryl methyl sites for hydroxylation is 3. The molecule has 0 aliphatic rings. The van der Waals surface area contributed by atoms with Gasteiger partial charge in [-0.25, -0.2) is 0 Å². The fourth-order valence-corrected chi connectivity index (χ4v) is 6.27.